The molecule has 3 aromatic rings. The number of benzene rings is 2. The molecule has 0 aliphatic rings. The molecule has 3 rings (SSSR count). The summed E-state index contributed by atoms with van der Waals surface area (Å²) in [5.41, 5.74) is 13.8. The fourth-order valence-electron chi connectivity index (χ4n) is 3.63. The smallest absolute Gasteiger partial charge is 0.336 e. The number of hydrogen-bond acceptors (Lipinski definition) is 6. The van der Waals surface area contributed by atoms with Gasteiger partial charge in [-0.1, -0.05) is 30.3 Å². The summed E-state index contributed by atoms with van der Waals surface area (Å²) in [7, 11) is 0. The summed E-state index contributed by atoms with van der Waals surface area (Å²) in [4.78, 5) is 37.4. The van der Waals surface area contributed by atoms with Gasteiger partial charge in [-0.05, 0) is 62.4 Å². The van der Waals surface area contributed by atoms with E-state index in [1.54, 1.807) is 18.2 Å². The number of rotatable bonds is 10. The second-order valence-electron chi connectivity index (χ2n) is 8.09. The van der Waals surface area contributed by atoms with Gasteiger partial charge in [0.1, 0.15) is 11.6 Å². The summed E-state index contributed by atoms with van der Waals surface area (Å²) in [5.74, 6) is -0.770. The van der Waals surface area contributed by atoms with Crippen LogP contribution in [0.1, 0.15) is 30.4 Å². The van der Waals surface area contributed by atoms with E-state index >= 15 is 0 Å². The second-order valence-corrected chi connectivity index (χ2v) is 8.09. The first kappa shape index (κ1) is 24.2. The van der Waals surface area contributed by atoms with Crippen LogP contribution in [0.4, 0.5) is 5.69 Å². The van der Waals surface area contributed by atoms with Gasteiger partial charge in [-0.2, -0.15) is 0 Å². The lowest BCUT2D eigenvalue weighted by Crippen LogP contribution is -2.50. The standard InChI is InChI=1S/C25H30N4O4/c1-16-13-23(30)33-22-15-18(10-11-19(16)22)28-25(32)21(9-5-6-12-26)29-24(31)20(27)14-17-7-3-2-4-8-17/h2-4,7-8,10-11,13,15,20-21H,5-6,9,12,14,26-27H2,1H3,(H,28,32)(H,29,31)/t20-,21-/m0/s1. The Morgan fingerprint density at radius 3 is 2.52 bits per heavy atom. The van der Waals surface area contributed by atoms with Crippen molar-refractivity contribution in [1.29, 1.82) is 0 Å². The fourth-order valence-corrected chi connectivity index (χ4v) is 3.63. The van der Waals surface area contributed by atoms with Gasteiger partial charge in [0.15, 0.2) is 0 Å². The molecule has 0 bridgehead atoms. The first-order valence-corrected chi connectivity index (χ1v) is 11.0. The average Bonchev–Trinajstić information content (AvgIpc) is 2.78. The van der Waals surface area contributed by atoms with Crippen molar-refractivity contribution in [2.45, 2.75) is 44.7 Å². The van der Waals surface area contributed by atoms with Gasteiger partial charge in [-0.15, -0.1) is 0 Å². The van der Waals surface area contributed by atoms with Crippen LogP contribution in [-0.2, 0) is 16.0 Å². The van der Waals surface area contributed by atoms with Gasteiger partial charge < -0.3 is 26.5 Å². The van der Waals surface area contributed by atoms with Crippen LogP contribution >= 0.6 is 0 Å². The van der Waals surface area contributed by atoms with E-state index in [2.05, 4.69) is 10.6 Å². The van der Waals surface area contributed by atoms with Crippen molar-refractivity contribution in [1.82, 2.24) is 5.32 Å². The number of carbonyl (C=O) groups excluding carboxylic acids is 2. The Bertz CT molecular complexity index is 1160. The maximum Gasteiger partial charge on any atom is 0.336 e. The van der Waals surface area contributed by atoms with Crippen molar-refractivity contribution in [3.8, 4) is 0 Å². The number of unbranched alkanes of at least 4 members (excludes halogenated alkanes) is 1. The van der Waals surface area contributed by atoms with Crippen LogP contribution in [0, 0.1) is 6.92 Å². The molecule has 0 fully saturated rings. The normalized spacial score (nSPS) is 12.8. The zero-order valence-corrected chi connectivity index (χ0v) is 18.7. The molecule has 1 heterocycles. The van der Waals surface area contributed by atoms with Crippen molar-refractivity contribution in [3.05, 3.63) is 76.1 Å². The number of amides is 2. The lowest BCUT2D eigenvalue weighted by atomic mass is 10.0. The molecule has 0 aliphatic heterocycles. The summed E-state index contributed by atoms with van der Waals surface area (Å²) in [6, 6.07) is 14.4. The monoisotopic (exact) mass is 450 g/mol. The highest BCUT2D eigenvalue weighted by atomic mass is 16.4. The number of anilines is 1. The molecule has 2 atom stereocenters. The predicted octanol–water partition coefficient (Wildman–Crippen LogP) is 2.22. The third-order valence-corrected chi connectivity index (χ3v) is 5.43. The molecule has 8 nitrogen and oxygen atoms in total. The van der Waals surface area contributed by atoms with E-state index in [9.17, 15) is 14.4 Å². The molecule has 0 saturated heterocycles. The SMILES string of the molecule is Cc1cc(=O)oc2cc(NC(=O)[C@H](CCCCN)NC(=O)[C@@H](N)Cc3ccccc3)ccc12. The second kappa shape index (κ2) is 11.4. The van der Waals surface area contributed by atoms with E-state index in [1.165, 1.54) is 6.07 Å². The molecule has 0 saturated carbocycles. The van der Waals surface area contributed by atoms with E-state index < -0.39 is 23.6 Å². The van der Waals surface area contributed by atoms with Crippen molar-refractivity contribution < 1.29 is 14.0 Å². The molecule has 0 radical (unpaired) electrons. The third kappa shape index (κ3) is 6.74. The van der Waals surface area contributed by atoms with Crippen LogP contribution in [0.5, 0.6) is 0 Å². The summed E-state index contributed by atoms with van der Waals surface area (Å²) in [6.07, 6.45) is 2.20. The van der Waals surface area contributed by atoms with Gasteiger partial charge in [0, 0.05) is 23.2 Å². The molecule has 1 aromatic heterocycles. The number of hydrogen-bond donors (Lipinski definition) is 4. The molecule has 0 aliphatic carbocycles. The third-order valence-electron chi connectivity index (χ3n) is 5.43. The highest BCUT2D eigenvalue weighted by Gasteiger charge is 2.24. The number of nitrogens with one attached hydrogen (secondary N) is 2. The Hall–Kier alpha value is -3.49. The van der Waals surface area contributed by atoms with Gasteiger partial charge in [0.25, 0.3) is 0 Å². The first-order valence-electron chi connectivity index (χ1n) is 11.0. The largest absolute Gasteiger partial charge is 0.423 e. The van der Waals surface area contributed by atoms with Crippen LogP contribution < -0.4 is 27.7 Å². The van der Waals surface area contributed by atoms with Gasteiger partial charge in [-0.25, -0.2) is 4.79 Å². The van der Waals surface area contributed by atoms with Crippen LogP contribution in [0.25, 0.3) is 11.0 Å². The van der Waals surface area contributed by atoms with Gasteiger partial charge in [0.05, 0.1) is 6.04 Å². The van der Waals surface area contributed by atoms with E-state index in [4.69, 9.17) is 15.9 Å². The minimum absolute atomic E-state index is 0.368. The highest BCUT2D eigenvalue weighted by molar-refractivity contribution is 5.99. The summed E-state index contributed by atoms with van der Waals surface area (Å²) in [6.45, 7) is 2.32. The van der Waals surface area contributed by atoms with Gasteiger partial charge in [0.2, 0.25) is 11.8 Å². The summed E-state index contributed by atoms with van der Waals surface area (Å²) in [5, 5.41) is 6.37. The number of aryl methyl sites for hydroxylation is 1. The minimum atomic E-state index is -0.782. The van der Waals surface area contributed by atoms with Crippen molar-refractivity contribution in [2.24, 2.45) is 11.5 Å². The lowest BCUT2D eigenvalue weighted by Gasteiger charge is -2.21. The zero-order valence-electron chi connectivity index (χ0n) is 18.7. The van der Waals surface area contributed by atoms with E-state index in [0.29, 0.717) is 37.1 Å². The van der Waals surface area contributed by atoms with E-state index in [1.807, 2.05) is 37.3 Å². The Balaban J connectivity index is 1.71. The molecular formula is C25H30N4O4. The number of fused-ring (bicyclic) bond motifs is 1. The molecule has 174 valence electrons. The lowest BCUT2D eigenvalue weighted by molar-refractivity contribution is -0.127. The molecule has 0 unspecified atom stereocenters. The first-order chi connectivity index (χ1) is 15.9. The summed E-state index contributed by atoms with van der Waals surface area (Å²) < 4.78 is 5.25. The Morgan fingerprint density at radius 2 is 1.79 bits per heavy atom. The predicted molar refractivity (Wildman–Crippen MR) is 129 cm³/mol. The van der Waals surface area contributed by atoms with Gasteiger partial charge >= 0.3 is 5.63 Å². The Morgan fingerprint density at radius 1 is 1.03 bits per heavy atom. The topological polar surface area (TPSA) is 140 Å². The van der Waals surface area contributed by atoms with Crippen LogP contribution in [0.3, 0.4) is 0 Å². The van der Waals surface area contributed by atoms with Crippen LogP contribution in [0.2, 0.25) is 0 Å². The quantitative estimate of drug-likeness (QED) is 0.276. The van der Waals surface area contributed by atoms with Crippen molar-refractivity contribution in [2.75, 3.05) is 11.9 Å². The number of carbonyl (C=O) groups is 2. The molecule has 2 aromatic carbocycles. The molecule has 0 spiro atoms. The number of nitrogens with two attached hydrogens (primary N) is 2. The van der Waals surface area contributed by atoms with Crippen molar-refractivity contribution in [3.63, 3.8) is 0 Å². The molecule has 8 heteroatoms. The molecule has 33 heavy (non-hydrogen) atoms. The molecular weight excluding hydrogens is 420 g/mol. The maximum absolute atomic E-state index is 13.0. The summed E-state index contributed by atoms with van der Waals surface area (Å²) >= 11 is 0. The Kier molecular flexibility index (Phi) is 8.34. The van der Waals surface area contributed by atoms with E-state index in [-0.39, 0.29) is 5.91 Å². The average molecular weight is 451 g/mol. The highest BCUT2D eigenvalue weighted by Crippen LogP contribution is 2.21. The fraction of sp³-hybridized carbons (Fsp3) is 0.320. The zero-order chi connectivity index (χ0) is 23.8. The van der Waals surface area contributed by atoms with Crippen LogP contribution in [0.15, 0.2) is 63.8 Å². The minimum Gasteiger partial charge on any atom is -0.423 e. The maximum atomic E-state index is 13.0. The van der Waals surface area contributed by atoms with E-state index in [0.717, 1.165) is 22.9 Å². The van der Waals surface area contributed by atoms with Gasteiger partial charge in [-0.3, -0.25) is 9.59 Å². The van der Waals surface area contributed by atoms with Crippen LogP contribution in [-0.4, -0.2) is 30.4 Å². The molecule has 2 amide bonds. The van der Waals surface area contributed by atoms with Crippen molar-refractivity contribution >= 4 is 28.5 Å². The Labute approximate surface area is 192 Å². The molecule has 6 N–H and O–H groups in total.